The van der Waals surface area contributed by atoms with Gasteiger partial charge >= 0.3 is 0 Å². The Labute approximate surface area is 117 Å². The summed E-state index contributed by atoms with van der Waals surface area (Å²) in [5, 5.41) is 0.693. The molecule has 98 valence electrons. The first kappa shape index (κ1) is 12.6. The Morgan fingerprint density at radius 3 is 2.95 bits per heavy atom. The monoisotopic (exact) mass is 273 g/mol. The van der Waals surface area contributed by atoms with Crippen molar-refractivity contribution in [3.8, 4) is 11.4 Å². The Bertz CT molecular complexity index is 598. The second-order valence-corrected chi connectivity index (χ2v) is 5.40. The summed E-state index contributed by atoms with van der Waals surface area (Å²) in [6.07, 6.45) is 5.02. The number of halogens is 1. The molecule has 0 spiro atoms. The van der Waals surface area contributed by atoms with E-state index in [2.05, 4.69) is 9.97 Å². The van der Waals surface area contributed by atoms with Gasteiger partial charge in [-0.25, -0.2) is 9.97 Å². The molecule has 1 aromatic carbocycles. The average Bonchev–Trinajstić information content (AvgIpc) is 2.46. The minimum Gasteiger partial charge on any atom is -0.330 e. The van der Waals surface area contributed by atoms with Gasteiger partial charge in [0.15, 0.2) is 5.82 Å². The van der Waals surface area contributed by atoms with E-state index in [-0.39, 0.29) is 0 Å². The van der Waals surface area contributed by atoms with Crippen molar-refractivity contribution >= 4 is 11.6 Å². The fourth-order valence-electron chi connectivity index (χ4n) is 2.56. The van der Waals surface area contributed by atoms with Crippen LogP contribution in [0.25, 0.3) is 11.4 Å². The minimum atomic E-state index is 0.572. The average molecular weight is 274 g/mol. The Balaban J connectivity index is 1.97. The van der Waals surface area contributed by atoms with Crippen LogP contribution in [0.2, 0.25) is 5.02 Å². The van der Waals surface area contributed by atoms with Crippen LogP contribution in [0.3, 0.4) is 0 Å². The summed E-state index contributed by atoms with van der Waals surface area (Å²) < 4.78 is 0. The molecule has 0 bridgehead atoms. The van der Waals surface area contributed by atoms with E-state index in [1.165, 1.54) is 5.56 Å². The summed E-state index contributed by atoms with van der Waals surface area (Å²) in [5.74, 6) is 1.29. The molecule has 0 radical (unpaired) electrons. The summed E-state index contributed by atoms with van der Waals surface area (Å²) >= 11 is 6.19. The summed E-state index contributed by atoms with van der Waals surface area (Å²) in [5.41, 5.74) is 9.02. The summed E-state index contributed by atoms with van der Waals surface area (Å²) in [7, 11) is 0. The molecule has 0 amide bonds. The molecule has 2 aromatic rings. The molecule has 3 nitrogen and oxygen atoms in total. The summed E-state index contributed by atoms with van der Waals surface area (Å²) in [4.78, 5) is 9.13. The van der Waals surface area contributed by atoms with Crippen molar-refractivity contribution in [2.24, 2.45) is 11.7 Å². The van der Waals surface area contributed by atoms with Crippen LogP contribution in [0, 0.1) is 5.92 Å². The van der Waals surface area contributed by atoms with Gasteiger partial charge in [0.05, 0.1) is 5.02 Å². The van der Waals surface area contributed by atoms with Crippen molar-refractivity contribution in [3.63, 3.8) is 0 Å². The number of benzene rings is 1. The van der Waals surface area contributed by atoms with Crippen LogP contribution in [-0.4, -0.2) is 16.5 Å². The van der Waals surface area contributed by atoms with Crippen LogP contribution in [0.4, 0.5) is 0 Å². The zero-order valence-corrected chi connectivity index (χ0v) is 11.4. The van der Waals surface area contributed by atoms with Gasteiger partial charge in [0, 0.05) is 17.5 Å². The SMILES string of the molecule is NCC1CCc2nc(-c3ccccc3Cl)ncc2C1. The fraction of sp³-hybridized carbons (Fsp3) is 0.333. The highest BCUT2D eigenvalue weighted by molar-refractivity contribution is 6.33. The normalized spacial score (nSPS) is 18.1. The highest BCUT2D eigenvalue weighted by atomic mass is 35.5. The third-order valence-corrected chi connectivity index (χ3v) is 4.03. The molecule has 0 saturated heterocycles. The van der Waals surface area contributed by atoms with Crippen LogP contribution in [0.5, 0.6) is 0 Å². The number of hydrogen-bond acceptors (Lipinski definition) is 3. The minimum absolute atomic E-state index is 0.572. The van der Waals surface area contributed by atoms with E-state index < -0.39 is 0 Å². The fourth-order valence-corrected chi connectivity index (χ4v) is 2.78. The maximum absolute atomic E-state index is 6.19. The molecule has 2 N–H and O–H groups in total. The molecule has 1 heterocycles. The number of fused-ring (bicyclic) bond motifs is 1. The number of hydrogen-bond donors (Lipinski definition) is 1. The lowest BCUT2D eigenvalue weighted by atomic mass is 9.87. The van der Waals surface area contributed by atoms with E-state index in [1.807, 2.05) is 30.5 Å². The molecule has 1 aliphatic carbocycles. The van der Waals surface area contributed by atoms with Gasteiger partial charge in [-0.05, 0) is 49.4 Å². The second kappa shape index (κ2) is 5.27. The van der Waals surface area contributed by atoms with Crippen molar-refractivity contribution < 1.29 is 0 Å². The first-order valence-electron chi connectivity index (χ1n) is 6.57. The predicted octanol–water partition coefficient (Wildman–Crippen LogP) is 2.86. The lowest BCUT2D eigenvalue weighted by Gasteiger charge is -2.22. The van der Waals surface area contributed by atoms with Crippen molar-refractivity contribution in [1.29, 1.82) is 0 Å². The van der Waals surface area contributed by atoms with E-state index in [0.717, 1.165) is 42.9 Å². The first-order valence-corrected chi connectivity index (χ1v) is 6.95. The topological polar surface area (TPSA) is 51.8 Å². The number of aryl methyl sites for hydroxylation is 1. The van der Waals surface area contributed by atoms with Crippen LogP contribution in [0.1, 0.15) is 17.7 Å². The third-order valence-electron chi connectivity index (χ3n) is 3.70. The molecular weight excluding hydrogens is 258 g/mol. The number of aromatic nitrogens is 2. The van der Waals surface area contributed by atoms with Crippen LogP contribution in [0.15, 0.2) is 30.5 Å². The molecule has 0 aliphatic heterocycles. The largest absolute Gasteiger partial charge is 0.330 e. The molecule has 19 heavy (non-hydrogen) atoms. The smallest absolute Gasteiger partial charge is 0.160 e. The maximum atomic E-state index is 6.19. The number of nitrogens with zero attached hydrogens (tertiary/aromatic N) is 2. The Morgan fingerprint density at radius 1 is 1.32 bits per heavy atom. The van der Waals surface area contributed by atoms with Crippen molar-refractivity contribution in [2.45, 2.75) is 19.3 Å². The maximum Gasteiger partial charge on any atom is 0.160 e. The standard InChI is InChI=1S/C15H16ClN3/c16-13-4-2-1-3-12(13)15-18-9-11-7-10(8-17)5-6-14(11)19-15/h1-4,9-10H,5-8,17H2. The predicted molar refractivity (Wildman–Crippen MR) is 77.0 cm³/mol. The van der Waals surface area contributed by atoms with Gasteiger partial charge in [-0.3, -0.25) is 0 Å². The molecule has 1 atom stereocenters. The van der Waals surface area contributed by atoms with Gasteiger partial charge in [-0.1, -0.05) is 23.7 Å². The van der Waals surface area contributed by atoms with Crippen LogP contribution in [-0.2, 0) is 12.8 Å². The zero-order chi connectivity index (χ0) is 13.2. The van der Waals surface area contributed by atoms with Gasteiger partial charge in [-0.15, -0.1) is 0 Å². The molecule has 0 saturated carbocycles. The molecule has 1 unspecified atom stereocenters. The van der Waals surface area contributed by atoms with Crippen molar-refractivity contribution in [1.82, 2.24) is 9.97 Å². The first-order chi connectivity index (χ1) is 9.28. The molecule has 0 fully saturated rings. The quantitative estimate of drug-likeness (QED) is 0.915. The second-order valence-electron chi connectivity index (χ2n) is 4.99. The Kier molecular flexibility index (Phi) is 3.49. The Morgan fingerprint density at radius 2 is 2.16 bits per heavy atom. The highest BCUT2D eigenvalue weighted by Gasteiger charge is 2.20. The molecule has 1 aromatic heterocycles. The lowest BCUT2D eigenvalue weighted by molar-refractivity contribution is 0.462. The Hall–Kier alpha value is -1.45. The zero-order valence-electron chi connectivity index (χ0n) is 10.6. The molecule has 1 aliphatic rings. The van der Waals surface area contributed by atoms with Gasteiger partial charge in [0.2, 0.25) is 0 Å². The van der Waals surface area contributed by atoms with E-state index in [9.17, 15) is 0 Å². The van der Waals surface area contributed by atoms with Gasteiger partial charge in [0.25, 0.3) is 0 Å². The molecule has 3 rings (SSSR count). The highest BCUT2D eigenvalue weighted by Crippen LogP contribution is 2.28. The molecule has 4 heteroatoms. The molecular formula is C15H16ClN3. The summed E-state index contributed by atoms with van der Waals surface area (Å²) in [6.45, 7) is 0.742. The van der Waals surface area contributed by atoms with E-state index in [4.69, 9.17) is 17.3 Å². The van der Waals surface area contributed by atoms with Gasteiger partial charge < -0.3 is 5.73 Å². The van der Waals surface area contributed by atoms with E-state index in [1.54, 1.807) is 0 Å². The van der Waals surface area contributed by atoms with Gasteiger partial charge in [-0.2, -0.15) is 0 Å². The van der Waals surface area contributed by atoms with E-state index in [0.29, 0.717) is 10.9 Å². The lowest BCUT2D eigenvalue weighted by Crippen LogP contribution is -2.23. The van der Waals surface area contributed by atoms with Crippen LogP contribution >= 0.6 is 11.6 Å². The number of rotatable bonds is 2. The third kappa shape index (κ3) is 2.48. The van der Waals surface area contributed by atoms with Crippen molar-refractivity contribution in [3.05, 3.63) is 46.7 Å². The van der Waals surface area contributed by atoms with Crippen LogP contribution < -0.4 is 5.73 Å². The van der Waals surface area contributed by atoms with Crippen molar-refractivity contribution in [2.75, 3.05) is 6.54 Å². The summed E-state index contributed by atoms with van der Waals surface area (Å²) in [6, 6.07) is 7.68. The van der Waals surface area contributed by atoms with Gasteiger partial charge in [0.1, 0.15) is 0 Å². The number of nitrogens with two attached hydrogens (primary N) is 1. The van der Waals surface area contributed by atoms with E-state index >= 15 is 0 Å².